The first-order valence-corrected chi connectivity index (χ1v) is 6.63. The van der Waals surface area contributed by atoms with Gasteiger partial charge in [-0.25, -0.2) is 8.78 Å². The molecule has 4 heteroatoms. The first-order valence-electron chi connectivity index (χ1n) is 6.63. The van der Waals surface area contributed by atoms with E-state index in [2.05, 4.69) is 0 Å². The maximum Gasteiger partial charge on any atom is 0.248 e. The van der Waals surface area contributed by atoms with Crippen molar-refractivity contribution in [2.45, 2.75) is 37.1 Å². The van der Waals surface area contributed by atoms with Crippen LogP contribution in [0.2, 0.25) is 0 Å². The summed E-state index contributed by atoms with van der Waals surface area (Å²) in [6, 6.07) is 7.98. The highest BCUT2D eigenvalue weighted by Gasteiger charge is 2.42. The summed E-state index contributed by atoms with van der Waals surface area (Å²) >= 11 is 0. The second-order valence-electron chi connectivity index (χ2n) is 5.68. The molecule has 2 aromatic rings. The van der Waals surface area contributed by atoms with Gasteiger partial charge in [0.1, 0.15) is 0 Å². The molecule has 0 saturated heterocycles. The van der Waals surface area contributed by atoms with Crippen molar-refractivity contribution in [1.29, 1.82) is 0 Å². The third kappa shape index (κ3) is 2.04. The molecule has 0 aliphatic heterocycles. The van der Waals surface area contributed by atoms with Crippen molar-refractivity contribution in [3.05, 3.63) is 36.0 Å². The fourth-order valence-electron chi connectivity index (χ4n) is 3.07. The minimum atomic E-state index is -2.55. The lowest BCUT2D eigenvalue weighted by molar-refractivity contribution is -0.0512. The number of hydrogen-bond acceptors (Lipinski definition) is 1. The number of aryl methyl sites for hydroxylation is 1. The molecule has 3 rings (SSSR count). The Morgan fingerprint density at radius 3 is 2.47 bits per heavy atom. The fourth-order valence-corrected chi connectivity index (χ4v) is 3.07. The zero-order valence-corrected chi connectivity index (χ0v) is 11.0. The average Bonchev–Trinajstić information content (AvgIpc) is 2.76. The molecule has 19 heavy (non-hydrogen) atoms. The summed E-state index contributed by atoms with van der Waals surface area (Å²) in [4.78, 5) is 0. The Bertz CT molecular complexity index is 606. The van der Waals surface area contributed by atoms with E-state index in [-0.39, 0.29) is 12.8 Å². The summed E-state index contributed by atoms with van der Waals surface area (Å²) in [6.45, 7) is 0. The molecule has 0 unspecified atom stereocenters. The highest BCUT2D eigenvalue weighted by Crippen LogP contribution is 2.43. The van der Waals surface area contributed by atoms with E-state index in [1.807, 2.05) is 42.1 Å². The Kier molecular flexibility index (Phi) is 2.68. The van der Waals surface area contributed by atoms with Crippen molar-refractivity contribution in [3.8, 4) is 0 Å². The molecule has 102 valence electrons. The van der Waals surface area contributed by atoms with E-state index in [0.717, 1.165) is 16.5 Å². The van der Waals surface area contributed by atoms with E-state index in [0.29, 0.717) is 12.8 Å². The maximum absolute atomic E-state index is 13.3. The molecule has 2 nitrogen and oxygen atoms in total. The lowest BCUT2D eigenvalue weighted by atomic mass is 9.75. The van der Waals surface area contributed by atoms with Crippen molar-refractivity contribution in [2.75, 3.05) is 0 Å². The van der Waals surface area contributed by atoms with Gasteiger partial charge in [0.15, 0.2) is 0 Å². The van der Waals surface area contributed by atoms with Gasteiger partial charge in [-0.3, -0.25) is 0 Å². The van der Waals surface area contributed by atoms with Crippen molar-refractivity contribution in [1.82, 2.24) is 4.57 Å². The van der Waals surface area contributed by atoms with E-state index in [4.69, 9.17) is 5.73 Å². The number of nitrogens with zero attached hydrogens (tertiary/aromatic N) is 1. The molecule has 1 heterocycles. The lowest BCUT2D eigenvalue weighted by Gasteiger charge is -2.37. The van der Waals surface area contributed by atoms with Gasteiger partial charge < -0.3 is 10.3 Å². The topological polar surface area (TPSA) is 30.9 Å². The van der Waals surface area contributed by atoms with Crippen LogP contribution in [0.3, 0.4) is 0 Å². The molecule has 1 aromatic heterocycles. The maximum atomic E-state index is 13.3. The summed E-state index contributed by atoms with van der Waals surface area (Å²) in [5.41, 5.74) is 7.91. The first-order chi connectivity index (χ1) is 8.91. The van der Waals surface area contributed by atoms with Crippen LogP contribution < -0.4 is 5.73 Å². The molecule has 1 fully saturated rings. The zero-order valence-electron chi connectivity index (χ0n) is 11.0. The number of aromatic nitrogens is 1. The molecule has 0 atom stereocenters. The quantitative estimate of drug-likeness (QED) is 0.839. The minimum Gasteiger partial charge on any atom is -0.351 e. The van der Waals surface area contributed by atoms with Gasteiger partial charge in [0.25, 0.3) is 0 Å². The standard InChI is InChI=1S/C15H18F2N2/c1-19-10-5-11-12(3-2-4-13(11)19)14(18)6-8-15(16,17)9-7-14/h2-5,10H,6-9,18H2,1H3. The number of rotatable bonds is 1. The van der Waals surface area contributed by atoms with E-state index in [9.17, 15) is 8.78 Å². The van der Waals surface area contributed by atoms with Crippen LogP contribution in [0.25, 0.3) is 10.9 Å². The summed E-state index contributed by atoms with van der Waals surface area (Å²) in [6.07, 6.45) is 2.43. The molecule has 1 aliphatic carbocycles. The average molecular weight is 264 g/mol. The third-order valence-electron chi connectivity index (χ3n) is 4.34. The van der Waals surface area contributed by atoms with Crippen LogP contribution in [0.5, 0.6) is 0 Å². The van der Waals surface area contributed by atoms with Gasteiger partial charge in [0, 0.05) is 42.5 Å². The Morgan fingerprint density at radius 2 is 1.79 bits per heavy atom. The predicted octanol–water partition coefficient (Wildman–Crippen LogP) is 3.54. The number of hydrogen-bond donors (Lipinski definition) is 1. The zero-order chi connectivity index (χ0) is 13.7. The predicted molar refractivity (Wildman–Crippen MR) is 72.2 cm³/mol. The first kappa shape index (κ1) is 12.6. The van der Waals surface area contributed by atoms with Gasteiger partial charge in [0.2, 0.25) is 5.92 Å². The van der Waals surface area contributed by atoms with Crippen molar-refractivity contribution in [3.63, 3.8) is 0 Å². The summed E-state index contributed by atoms with van der Waals surface area (Å²) in [5.74, 6) is -2.55. The minimum absolute atomic E-state index is 0.118. The molecule has 0 radical (unpaired) electrons. The van der Waals surface area contributed by atoms with Crippen LogP contribution in [0, 0.1) is 0 Å². The van der Waals surface area contributed by atoms with Crippen LogP contribution in [0.4, 0.5) is 8.78 Å². The molecule has 1 aromatic carbocycles. The SMILES string of the molecule is Cn1ccc2c(C3(N)CCC(F)(F)CC3)cccc21. The number of halogens is 2. The highest BCUT2D eigenvalue weighted by atomic mass is 19.3. The van der Waals surface area contributed by atoms with Gasteiger partial charge in [-0.1, -0.05) is 12.1 Å². The Labute approximate surface area is 111 Å². The molecule has 1 aliphatic rings. The van der Waals surface area contributed by atoms with Gasteiger partial charge in [-0.15, -0.1) is 0 Å². The van der Waals surface area contributed by atoms with Crippen LogP contribution in [-0.4, -0.2) is 10.5 Å². The molecule has 1 saturated carbocycles. The molecule has 2 N–H and O–H groups in total. The van der Waals surface area contributed by atoms with Gasteiger partial charge in [0.05, 0.1) is 0 Å². The molecular formula is C15H18F2N2. The van der Waals surface area contributed by atoms with E-state index in [1.165, 1.54) is 0 Å². The number of nitrogens with two attached hydrogens (primary N) is 1. The van der Waals surface area contributed by atoms with Gasteiger partial charge in [-0.05, 0) is 30.5 Å². The van der Waals surface area contributed by atoms with Crippen LogP contribution in [0.1, 0.15) is 31.2 Å². The summed E-state index contributed by atoms with van der Waals surface area (Å²) in [7, 11) is 1.98. The van der Waals surface area contributed by atoms with Crippen LogP contribution in [0.15, 0.2) is 30.5 Å². The van der Waals surface area contributed by atoms with E-state index >= 15 is 0 Å². The number of fused-ring (bicyclic) bond motifs is 1. The van der Waals surface area contributed by atoms with Crippen LogP contribution in [-0.2, 0) is 12.6 Å². The monoisotopic (exact) mass is 264 g/mol. The number of benzene rings is 1. The fraction of sp³-hybridized carbons (Fsp3) is 0.467. The van der Waals surface area contributed by atoms with E-state index in [1.54, 1.807) is 0 Å². The van der Waals surface area contributed by atoms with Crippen molar-refractivity contribution in [2.24, 2.45) is 12.8 Å². The van der Waals surface area contributed by atoms with Crippen molar-refractivity contribution < 1.29 is 8.78 Å². The van der Waals surface area contributed by atoms with Gasteiger partial charge in [-0.2, -0.15) is 0 Å². The highest BCUT2D eigenvalue weighted by molar-refractivity contribution is 5.84. The molecular weight excluding hydrogens is 246 g/mol. The molecule has 0 bridgehead atoms. The van der Waals surface area contributed by atoms with Gasteiger partial charge >= 0.3 is 0 Å². The Balaban J connectivity index is 2.05. The Hall–Kier alpha value is -1.42. The second-order valence-corrected chi connectivity index (χ2v) is 5.68. The largest absolute Gasteiger partial charge is 0.351 e. The number of alkyl halides is 2. The van der Waals surface area contributed by atoms with E-state index < -0.39 is 11.5 Å². The molecule has 0 spiro atoms. The second kappa shape index (κ2) is 4.04. The lowest BCUT2D eigenvalue weighted by Crippen LogP contribution is -2.43. The molecule has 0 amide bonds. The van der Waals surface area contributed by atoms with Crippen molar-refractivity contribution >= 4 is 10.9 Å². The summed E-state index contributed by atoms with van der Waals surface area (Å²) < 4.78 is 28.7. The Morgan fingerprint density at radius 1 is 1.11 bits per heavy atom. The van der Waals surface area contributed by atoms with Crippen LogP contribution >= 0.6 is 0 Å². The smallest absolute Gasteiger partial charge is 0.248 e. The summed E-state index contributed by atoms with van der Waals surface area (Å²) in [5, 5.41) is 1.08. The normalized spacial score (nSPS) is 21.7. The third-order valence-corrected chi connectivity index (χ3v) is 4.34.